The Kier molecular flexibility index (Phi) is 1.70. The molecule has 0 bridgehead atoms. The molecule has 4 nitrogen and oxygen atoms in total. The van der Waals surface area contributed by atoms with Gasteiger partial charge >= 0.3 is 0 Å². The van der Waals surface area contributed by atoms with Crippen molar-refractivity contribution in [1.29, 1.82) is 0 Å². The zero-order chi connectivity index (χ0) is 9.42. The van der Waals surface area contributed by atoms with E-state index in [1.807, 2.05) is 6.07 Å². The van der Waals surface area contributed by atoms with Gasteiger partial charge in [0.1, 0.15) is 11.9 Å². The van der Waals surface area contributed by atoms with Crippen LogP contribution in [0.15, 0.2) is 24.4 Å². The first-order valence-corrected chi connectivity index (χ1v) is 4.03. The van der Waals surface area contributed by atoms with Crippen LogP contribution >= 0.6 is 0 Å². The number of fused-ring (bicyclic) bond motifs is 1. The normalized spacial score (nSPS) is 13.4. The van der Waals surface area contributed by atoms with Gasteiger partial charge in [0.2, 0.25) is 0 Å². The zero-order valence-corrected chi connectivity index (χ0v) is 7.18. The Balaban J connectivity index is 2.79. The van der Waals surface area contributed by atoms with Crippen molar-refractivity contribution in [2.24, 2.45) is 0 Å². The van der Waals surface area contributed by atoms with Crippen LogP contribution in [0.25, 0.3) is 5.52 Å². The first kappa shape index (κ1) is 8.07. The van der Waals surface area contributed by atoms with E-state index in [4.69, 9.17) is 0 Å². The molecule has 2 heterocycles. The van der Waals surface area contributed by atoms with Crippen molar-refractivity contribution in [3.63, 3.8) is 0 Å². The number of pyridine rings is 1. The van der Waals surface area contributed by atoms with Crippen molar-refractivity contribution in [1.82, 2.24) is 9.38 Å². The minimum Gasteiger partial charge on any atom is -0.494 e. The third-order valence-corrected chi connectivity index (χ3v) is 1.93. The van der Waals surface area contributed by atoms with Crippen LogP contribution in [-0.2, 0) is 0 Å². The van der Waals surface area contributed by atoms with Crippen molar-refractivity contribution in [3.8, 4) is 5.88 Å². The summed E-state index contributed by atoms with van der Waals surface area (Å²) in [5.74, 6) is 0.541. The van der Waals surface area contributed by atoms with E-state index >= 15 is 0 Å². The topological polar surface area (TPSA) is 57.8 Å². The van der Waals surface area contributed by atoms with Crippen molar-refractivity contribution in [3.05, 3.63) is 30.2 Å². The molecule has 0 aliphatic rings. The average molecular weight is 178 g/mol. The van der Waals surface area contributed by atoms with Crippen LogP contribution in [0.4, 0.5) is 0 Å². The van der Waals surface area contributed by atoms with Gasteiger partial charge in [0.25, 0.3) is 0 Å². The van der Waals surface area contributed by atoms with Gasteiger partial charge in [0, 0.05) is 0 Å². The van der Waals surface area contributed by atoms with Crippen LogP contribution < -0.4 is 0 Å². The van der Waals surface area contributed by atoms with Gasteiger partial charge in [-0.25, -0.2) is 4.98 Å². The molecule has 0 spiro atoms. The van der Waals surface area contributed by atoms with Crippen LogP contribution in [0.3, 0.4) is 0 Å². The number of hydrogen-bond acceptors (Lipinski definition) is 3. The summed E-state index contributed by atoms with van der Waals surface area (Å²) in [5.41, 5.74) is 0.774. The molecule has 2 aromatic heterocycles. The molecule has 0 amide bonds. The lowest BCUT2D eigenvalue weighted by molar-refractivity contribution is 0.187. The third kappa shape index (κ3) is 1.15. The SMILES string of the molecule is CC(O)c1ncc2cccc(O)n12. The van der Waals surface area contributed by atoms with E-state index in [9.17, 15) is 10.2 Å². The summed E-state index contributed by atoms with van der Waals surface area (Å²) in [5, 5.41) is 18.8. The van der Waals surface area contributed by atoms with Crippen LogP contribution in [0, 0.1) is 0 Å². The molecular formula is C9H10N2O2. The molecule has 4 heteroatoms. The number of aromatic hydroxyl groups is 1. The molecule has 0 saturated heterocycles. The molecular weight excluding hydrogens is 168 g/mol. The van der Waals surface area contributed by atoms with Crippen molar-refractivity contribution >= 4 is 5.52 Å². The third-order valence-electron chi connectivity index (χ3n) is 1.93. The maximum atomic E-state index is 9.50. The molecule has 68 valence electrons. The quantitative estimate of drug-likeness (QED) is 0.687. The molecule has 13 heavy (non-hydrogen) atoms. The molecule has 2 rings (SSSR count). The van der Waals surface area contributed by atoms with Crippen LogP contribution in [0.2, 0.25) is 0 Å². The largest absolute Gasteiger partial charge is 0.494 e. The Bertz CT molecular complexity index is 434. The van der Waals surface area contributed by atoms with E-state index in [-0.39, 0.29) is 5.88 Å². The number of aliphatic hydroxyl groups is 1. The average Bonchev–Trinajstić information content (AvgIpc) is 2.49. The molecule has 0 radical (unpaired) electrons. The highest BCUT2D eigenvalue weighted by Gasteiger charge is 2.10. The second kappa shape index (κ2) is 2.74. The molecule has 0 aliphatic carbocycles. The summed E-state index contributed by atoms with van der Waals surface area (Å²) in [4.78, 5) is 4.01. The Morgan fingerprint density at radius 3 is 2.92 bits per heavy atom. The fourth-order valence-corrected chi connectivity index (χ4v) is 1.35. The van der Waals surface area contributed by atoms with Gasteiger partial charge in [-0.2, -0.15) is 0 Å². The van der Waals surface area contributed by atoms with Gasteiger partial charge in [0.15, 0.2) is 5.88 Å². The predicted molar refractivity (Wildman–Crippen MR) is 47.5 cm³/mol. The number of aliphatic hydroxyl groups excluding tert-OH is 1. The maximum Gasteiger partial charge on any atom is 0.197 e. The van der Waals surface area contributed by atoms with Gasteiger partial charge < -0.3 is 10.2 Å². The smallest absolute Gasteiger partial charge is 0.197 e. The fraction of sp³-hybridized carbons (Fsp3) is 0.222. The van der Waals surface area contributed by atoms with Crippen molar-refractivity contribution < 1.29 is 10.2 Å². The predicted octanol–water partition coefficient (Wildman–Crippen LogP) is 1.09. The Labute approximate surface area is 75.1 Å². The Morgan fingerprint density at radius 1 is 1.46 bits per heavy atom. The number of hydrogen-bond donors (Lipinski definition) is 2. The summed E-state index contributed by atoms with van der Waals surface area (Å²) in [6, 6.07) is 5.11. The summed E-state index contributed by atoms with van der Waals surface area (Å²) in [6.07, 6.45) is 0.928. The zero-order valence-electron chi connectivity index (χ0n) is 7.18. The van der Waals surface area contributed by atoms with E-state index in [2.05, 4.69) is 4.98 Å². The van der Waals surface area contributed by atoms with Crippen molar-refractivity contribution in [2.75, 3.05) is 0 Å². The minimum absolute atomic E-state index is 0.0888. The van der Waals surface area contributed by atoms with Gasteiger partial charge in [0.05, 0.1) is 11.7 Å². The highest BCUT2D eigenvalue weighted by Crippen LogP contribution is 2.19. The Morgan fingerprint density at radius 2 is 2.23 bits per heavy atom. The lowest BCUT2D eigenvalue weighted by atomic mass is 10.3. The Hall–Kier alpha value is -1.55. The second-order valence-electron chi connectivity index (χ2n) is 2.94. The lowest BCUT2D eigenvalue weighted by Gasteiger charge is -2.04. The summed E-state index contributed by atoms with van der Waals surface area (Å²) in [6.45, 7) is 1.61. The number of nitrogens with zero attached hydrogens (tertiary/aromatic N) is 2. The monoisotopic (exact) mass is 178 g/mol. The van der Waals surface area contributed by atoms with Gasteiger partial charge in [-0.3, -0.25) is 4.40 Å². The number of imidazole rings is 1. The second-order valence-corrected chi connectivity index (χ2v) is 2.94. The van der Waals surface area contributed by atoms with Crippen LogP contribution in [0.1, 0.15) is 18.9 Å². The van der Waals surface area contributed by atoms with Gasteiger partial charge in [-0.1, -0.05) is 6.07 Å². The summed E-state index contributed by atoms with van der Waals surface area (Å²) in [7, 11) is 0. The van der Waals surface area contributed by atoms with Gasteiger partial charge in [-0.15, -0.1) is 0 Å². The minimum atomic E-state index is -0.684. The van der Waals surface area contributed by atoms with E-state index < -0.39 is 6.10 Å². The van der Waals surface area contributed by atoms with E-state index in [1.165, 1.54) is 4.40 Å². The maximum absolute atomic E-state index is 9.50. The summed E-state index contributed by atoms with van der Waals surface area (Å²) < 4.78 is 1.52. The molecule has 0 saturated carbocycles. The lowest BCUT2D eigenvalue weighted by Crippen LogP contribution is -1.99. The molecule has 2 N–H and O–H groups in total. The van der Waals surface area contributed by atoms with Gasteiger partial charge in [-0.05, 0) is 19.1 Å². The first-order chi connectivity index (χ1) is 6.20. The van der Waals surface area contributed by atoms with Crippen LogP contribution in [-0.4, -0.2) is 19.6 Å². The molecule has 1 unspecified atom stereocenters. The highest BCUT2D eigenvalue weighted by atomic mass is 16.3. The molecule has 0 aliphatic heterocycles. The molecule has 1 atom stereocenters. The first-order valence-electron chi connectivity index (χ1n) is 4.03. The van der Waals surface area contributed by atoms with Crippen LogP contribution in [0.5, 0.6) is 5.88 Å². The molecule has 0 aromatic carbocycles. The highest BCUT2D eigenvalue weighted by molar-refractivity contribution is 5.48. The molecule has 2 aromatic rings. The van der Waals surface area contributed by atoms with E-state index in [1.54, 1.807) is 25.3 Å². The summed E-state index contributed by atoms with van der Waals surface area (Å²) >= 11 is 0. The standard InChI is InChI=1S/C9H10N2O2/c1-6(12)9-10-5-7-3-2-4-8(13)11(7)9/h2-6,12-13H,1H3. The molecule has 0 fully saturated rings. The number of aromatic nitrogens is 2. The fourth-order valence-electron chi connectivity index (χ4n) is 1.35. The van der Waals surface area contributed by atoms with E-state index in [0.29, 0.717) is 5.82 Å². The van der Waals surface area contributed by atoms with Crippen molar-refractivity contribution in [2.45, 2.75) is 13.0 Å². The number of rotatable bonds is 1. The van der Waals surface area contributed by atoms with E-state index in [0.717, 1.165) is 5.52 Å².